The molecule has 0 atom stereocenters. The topological polar surface area (TPSA) is 74.7 Å². The van der Waals surface area contributed by atoms with Crippen LogP contribution >= 0.6 is 0 Å². The molecule has 0 saturated heterocycles. The van der Waals surface area contributed by atoms with Crippen molar-refractivity contribution >= 4 is 16.0 Å². The normalized spacial score (nSPS) is 16.7. The summed E-state index contributed by atoms with van der Waals surface area (Å²) in [5.41, 5.74) is 0. The Hall–Kier alpha value is -1.47. The van der Waals surface area contributed by atoms with Gasteiger partial charge in [-0.3, -0.25) is 4.79 Å². The third-order valence-corrected chi connectivity index (χ3v) is 5.38. The summed E-state index contributed by atoms with van der Waals surface area (Å²) in [6.45, 7) is -0.638. The number of halogens is 1. The Balaban J connectivity index is 2.41. The molecule has 1 saturated carbocycles. The maximum Gasteiger partial charge on any atom is 0.318 e. The number of hydrogen-bond donors (Lipinski definition) is 1. The van der Waals surface area contributed by atoms with E-state index >= 15 is 0 Å². The molecule has 0 unspecified atom stereocenters. The van der Waals surface area contributed by atoms with Gasteiger partial charge in [0.15, 0.2) is 0 Å². The van der Waals surface area contributed by atoms with Crippen LogP contribution in [0.4, 0.5) is 4.39 Å². The van der Waals surface area contributed by atoms with E-state index in [0.717, 1.165) is 29.3 Å². The molecule has 0 spiro atoms. The maximum atomic E-state index is 13.7. The third-order valence-electron chi connectivity index (χ3n) is 3.45. The predicted octanol–water partition coefficient (Wildman–Crippen LogP) is 1.84. The lowest BCUT2D eigenvalue weighted by Crippen LogP contribution is -2.42. The number of carboxylic acids is 1. The molecule has 1 fully saturated rings. The highest BCUT2D eigenvalue weighted by atomic mass is 32.2. The molecule has 0 heterocycles. The van der Waals surface area contributed by atoms with Crippen molar-refractivity contribution in [1.82, 2.24) is 4.31 Å². The van der Waals surface area contributed by atoms with Crippen molar-refractivity contribution in [2.75, 3.05) is 6.54 Å². The van der Waals surface area contributed by atoms with Crippen molar-refractivity contribution in [3.8, 4) is 0 Å². The van der Waals surface area contributed by atoms with Crippen LogP contribution < -0.4 is 0 Å². The molecule has 2 rings (SSSR count). The second-order valence-electron chi connectivity index (χ2n) is 4.81. The van der Waals surface area contributed by atoms with E-state index in [4.69, 9.17) is 5.11 Å². The van der Waals surface area contributed by atoms with Crippen molar-refractivity contribution in [2.24, 2.45) is 0 Å². The van der Waals surface area contributed by atoms with Crippen LogP contribution in [0.15, 0.2) is 29.2 Å². The van der Waals surface area contributed by atoms with E-state index in [1.54, 1.807) is 0 Å². The molecular formula is C13H16FNO4S. The Kier molecular flexibility index (Phi) is 4.39. The van der Waals surface area contributed by atoms with Crippen LogP contribution in [0.5, 0.6) is 0 Å². The summed E-state index contributed by atoms with van der Waals surface area (Å²) in [6.07, 6.45) is 2.93. The summed E-state index contributed by atoms with van der Waals surface area (Å²) in [4.78, 5) is 10.5. The van der Waals surface area contributed by atoms with Gasteiger partial charge in [0, 0.05) is 6.04 Å². The Morgan fingerprint density at radius 2 is 1.90 bits per heavy atom. The molecule has 7 heteroatoms. The van der Waals surface area contributed by atoms with Gasteiger partial charge in [-0.15, -0.1) is 0 Å². The van der Waals surface area contributed by atoms with Crippen LogP contribution in [0.3, 0.4) is 0 Å². The summed E-state index contributed by atoms with van der Waals surface area (Å²) >= 11 is 0. The van der Waals surface area contributed by atoms with E-state index in [1.807, 2.05) is 0 Å². The highest BCUT2D eigenvalue weighted by Crippen LogP contribution is 2.29. The molecule has 0 aliphatic heterocycles. The van der Waals surface area contributed by atoms with Crippen LogP contribution in [0.1, 0.15) is 25.7 Å². The molecule has 0 radical (unpaired) electrons. The van der Waals surface area contributed by atoms with E-state index in [-0.39, 0.29) is 6.04 Å². The lowest BCUT2D eigenvalue weighted by molar-refractivity contribution is -0.137. The molecule has 1 aliphatic rings. The molecule has 1 aromatic carbocycles. The van der Waals surface area contributed by atoms with Crippen molar-refractivity contribution in [1.29, 1.82) is 0 Å². The Labute approximate surface area is 117 Å². The zero-order valence-electron chi connectivity index (χ0n) is 10.8. The number of carboxylic acid groups (broad SMARTS) is 1. The van der Waals surface area contributed by atoms with Crippen LogP contribution in [-0.2, 0) is 14.8 Å². The number of aliphatic carboxylic acids is 1. The second kappa shape index (κ2) is 5.88. The molecule has 110 valence electrons. The first-order valence-corrected chi connectivity index (χ1v) is 7.85. The smallest absolute Gasteiger partial charge is 0.318 e. The molecule has 20 heavy (non-hydrogen) atoms. The molecule has 1 N–H and O–H groups in total. The van der Waals surface area contributed by atoms with Crippen LogP contribution in [-0.4, -0.2) is 36.4 Å². The monoisotopic (exact) mass is 301 g/mol. The van der Waals surface area contributed by atoms with Gasteiger partial charge in [0.2, 0.25) is 10.0 Å². The minimum absolute atomic E-state index is 0.365. The van der Waals surface area contributed by atoms with E-state index in [0.29, 0.717) is 12.8 Å². The van der Waals surface area contributed by atoms with Gasteiger partial charge in [-0.1, -0.05) is 25.0 Å². The number of hydrogen-bond acceptors (Lipinski definition) is 3. The van der Waals surface area contributed by atoms with Crippen molar-refractivity contribution in [3.05, 3.63) is 30.1 Å². The van der Waals surface area contributed by atoms with Crippen LogP contribution in [0, 0.1) is 5.82 Å². The molecule has 1 aliphatic carbocycles. The van der Waals surface area contributed by atoms with Gasteiger partial charge >= 0.3 is 5.97 Å². The van der Waals surface area contributed by atoms with Gasteiger partial charge in [0.25, 0.3) is 0 Å². The van der Waals surface area contributed by atoms with E-state index < -0.39 is 33.3 Å². The van der Waals surface area contributed by atoms with Gasteiger partial charge in [-0.25, -0.2) is 12.8 Å². The number of sulfonamides is 1. The first-order valence-electron chi connectivity index (χ1n) is 6.41. The predicted molar refractivity (Wildman–Crippen MR) is 70.2 cm³/mol. The SMILES string of the molecule is O=C(O)CN(C1CCCC1)S(=O)(=O)c1ccccc1F. The van der Waals surface area contributed by atoms with E-state index in [2.05, 4.69) is 0 Å². The Bertz CT molecular complexity index is 596. The quantitative estimate of drug-likeness (QED) is 0.900. The zero-order valence-corrected chi connectivity index (χ0v) is 11.6. The van der Waals surface area contributed by atoms with Crippen molar-refractivity contribution < 1.29 is 22.7 Å². The van der Waals surface area contributed by atoms with Gasteiger partial charge in [0.1, 0.15) is 17.3 Å². The van der Waals surface area contributed by atoms with Gasteiger partial charge in [0.05, 0.1) is 0 Å². The summed E-state index contributed by atoms with van der Waals surface area (Å²) in [6, 6.07) is 4.67. The number of benzene rings is 1. The summed E-state index contributed by atoms with van der Waals surface area (Å²) in [7, 11) is -4.13. The summed E-state index contributed by atoms with van der Waals surface area (Å²) in [5, 5.41) is 8.92. The van der Waals surface area contributed by atoms with Gasteiger partial charge in [-0.05, 0) is 25.0 Å². The standard InChI is InChI=1S/C13H16FNO4S/c14-11-7-3-4-8-12(11)20(18,19)15(9-13(16)17)10-5-1-2-6-10/h3-4,7-8,10H,1-2,5-6,9H2,(H,16,17). The minimum Gasteiger partial charge on any atom is -0.480 e. The minimum atomic E-state index is -4.13. The molecule has 1 aromatic rings. The number of nitrogens with zero attached hydrogens (tertiary/aromatic N) is 1. The average molecular weight is 301 g/mol. The first kappa shape index (κ1) is 14.9. The molecule has 0 aromatic heterocycles. The van der Waals surface area contributed by atoms with Gasteiger partial charge < -0.3 is 5.11 Å². The lowest BCUT2D eigenvalue weighted by atomic mass is 10.2. The highest BCUT2D eigenvalue weighted by molar-refractivity contribution is 7.89. The van der Waals surface area contributed by atoms with Crippen LogP contribution in [0.2, 0.25) is 0 Å². The van der Waals surface area contributed by atoms with Crippen LogP contribution in [0.25, 0.3) is 0 Å². The van der Waals surface area contributed by atoms with Crippen molar-refractivity contribution in [3.63, 3.8) is 0 Å². The summed E-state index contributed by atoms with van der Waals surface area (Å²) in [5.74, 6) is -2.10. The third kappa shape index (κ3) is 2.99. The average Bonchev–Trinajstić information content (AvgIpc) is 2.89. The molecule has 0 bridgehead atoms. The molecule has 5 nitrogen and oxygen atoms in total. The molecular weight excluding hydrogens is 285 g/mol. The highest BCUT2D eigenvalue weighted by Gasteiger charge is 2.36. The zero-order chi connectivity index (χ0) is 14.8. The van der Waals surface area contributed by atoms with Crippen molar-refractivity contribution in [2.45, 2.75) is 36.6 Å². The fourth-order valence-corrected chi connectivity index (χ4v) is 4.22. The van der Waals surface area contributed by atoms with E-state index in [1.165, 1.54) is 12.1 Å². The largest absolute Gasteiger partial charge is 0.480 e. The Morgan fingerprint density at radius 3 is 2.45 bits per heavy atom. The number of carbonyl (C=O) groups is 1. The second-order valence-corrected chi connectivity index (χ2v) is 6.67. The fourth-order valence-electron chi connectivity index (χ4n) is 2.52. The lowest BCUT2D eigenvalue weighted by Gasteiger charge is -2.26. The van der Waals surface area contributed by atoms with E-state index in [9.17, 15) is 17.6 Å². The Morgan fingerprint density at radius 1 is 1.30 bits per heavy atom. The number of rotatable bonds is 5. The fraction of sp³-hybridized carbons (Fsp3) is 0.462. The summed E-state index contributed by atoms with van der Waals surface area (Å²) < 4.78 is 39.6. The molecule has 0 amide bonds. The first-order chi connectivity index (χ1) is 9.43. The van der Waals surface area contributed by atoms with Gasteiger partial charge in [-0.2, -0.15) is 4.31 Å². The maximum absolute atomic E-state index is 13.7.